The second-order valence-electron chi connectivity index (χ2n) is 5.91. The molecule has 0 aliphatic carbocycles. The summed E-state index contributed by atoms with van der Waals surface area (Å²) in [6, 6.07) is 11.3. The Bertz CT molecular complexity index is 1050. The van der Waals surface area contributed by atoms with E-state index < -0.39 is 41.6 Å². The second kappa shape index (κ2) is 11.8. The number of ether oxygens (including phenoxy) is 3. The molecular weight excluding hydrogens is 466 g/mol. The molecule has 0 amide bonds. The number of benzene rings is 2. The van der Waals surface area contributed by atoms with Crippen LogP contribution in [0.4, 0.5) is 4.79 Å². The van der Waals surface area contributed by atoms with Crippen LogP contribution >= 0.6 is 12.2 Å². The van der Waals surface area contributed by atoms with Gasteiger partial charge in [0.2, 0.25) is 0 Å². The number of thiocarbonyl (C=S) groups is 1. The average Bonchev–Trinajstić information content (AvgIpc) is 2.75. The highest BCUT2D eigenvalue weighted by Crippen LogP contribution is 2.21. The summed E-state index contributed by atoms with van der Waals surface area (Å²) in [6.07, 6.45) is -2.75. The van der Waals surface area contributed by atoms with Gasteiger partial charge in [-0.3, -0.25) is 0 Å². The van der Waals surface area contributed by atoms with Gasteiger partial charge in [-0.15, -0.1) is 20.2 Å². The van der Waals surface area contributed by atoms with Crippen molar-refractivity contribution in [1.82, 2.24) is 0 Å². The van der Waals surface area contributed by atoms with Crippen LogP contribution in [0.3, 0.4) is 0 Å². The smallest absolute Gasteiger partial charge is 0.460 e. The maximum atomic E-state index is 12.4. The fraction of sp³-hybridized carbons (Fsp3) is 0.167. The molecule has 33 heavy (non-hydrogen) atoms. The second-order valence-corrected chi connectivity index (χ2v) is 6.35. The van der Waals surface area contributed by atoms with Crippen molar-refractivity contribution in [1.29, 1.82) is 0 Å². The van der Waals surface area contributed by atoms with Gasteiger partial charge in [0.1, 0.15) is 35.3 Å². The van der Waals surface area contributed by atoms with Crippen LogP contribution in [0, 0.1) is 20.2 Å². The molecule has 0 spiro atoms. The maximum absolute atomic E-state index is 12.4. The summed E-state index contributed by atoms with van der Waals surface area (Å²) in [7, 11) is 0. The number of hydrogen-bond donors (Lipinski definition) is 1. The molecule has 0 fully saturated rings. The Kier molecular flexibility index (Phi) is 8.81. The minimum absolute atomic E-state index is 0.116. The molecule has 0 aliphatic heterocycles. The molecule has 0 bridgehead atoms. The minimum Gasteiger partial charge on any atom is -0.460 e. The summed E-state index contributed by atoms with van der Waals surface area (Å²) >= 11 is 4.83. The lowest BCUT2D eigenvalue weighted by molar-refractivity contribution is -0.790. The van der Waals surface area contributed by atoms with Crippen molar-refractivity contribution in [3.63, 3.8) is 0 Å². The van der Waals surface area contributed by atoms with Gasteiger partial charge in [0, 0.05) is 5.56 Å². The maximum Gasteiger partial charge on any atom is 0.519 e. The zero-order valence-electron chi connectivity index (χ0n) is 16.5. The first-order valence-corrected chi connectivity index (χ1v) is 9.20. The van der Waals surface area contributed by atoms with Gasteiger partial charge in [-0.1, -0.05) is 24.4 Å². The van der Waals surface area contributed by atoms with E-state index in [0.29, 0.717) is 5.56 Å². The van der Waals surface area contributed by atoms with Crippen LogP contribution in [0.25, 0.3) is 0 Å². The summed E-state index contributed by atoms with van der Waals surface area (Å²) in [5.74, 6) is -1.18. The molecule has 174 valence electrons. The predicted molar refractivity (Wildman–Crippen MR) is 111 cm³/mol. The minimum atomic E-state index is -1.57. The van der Waals surface area contributed by atoms with E-state index in [1.807, 2.05) is 0 Å². The first-order valence-electron chi connectivity index (χ1n) is 8.80. The largest absolute Gasteiger partial charge is 0.519 e. The van der Waals surface area contributed by atoms with E-state index in [1.165, 1.54) is 48.5 Å². The molecule has 0 radical (unpaired) electrons. The SMILES string of the molecule is NC(=S)c1ccc(OC(=O)Oc2ccccc2C(=O)OCC(CO[N+](=O)[O-])O[N+](=O)[O-])cc1. The van der Waals surface area contributed by atoms with E-state index in [1.54, 1.807) is 0 Å². The third-order valence-corrected chi connectivity index (χ3v) is 3.88. The molecule has 0 heterocycles. The molecule has 2 aromatic carbocycles. The van der Waals surface area contributed by atoms with E-state index in [9.17, 15) is 29.8 Å². The van der Waals surface area contributed by atoms with Crippen molar-refractivity contribution in [3.05, 3.63) is 79.9 Å². The Morgan fingerprint density at radius 2 is 1.64 bits per heavy atom. The highest BCUT2D eigenvalue weighted by Gasteiger charge is 2.22. The molecule has 0 saturated heterocycles. The average molecular weight is 481 g/mol. The summed E-state index contributed by atoms with van der Waals surface area (Å²) in [5.41, 5.74) is 5.82. The van der Waals surface area contributed by atoms with Crippen molar-refractivity contribution in [2.24, 2.45) is 5.73 Å². The van der Waals surface area contributed by atoms with Gasteiger partial charge in [-0.25, -0.2) is 9.59 Å². The molecule has 0 aliphatic rings. The lowest BCUT2D eigenvalue weighted by Crippen LogP contribution is -2.30. The Balaban J connectivity index is 2.01. The highest BCUT2D eigenvalue weighted by atomic mass is 32.1. The highest BCUT2D eigenvalue weighted by molar-refractivity contribution is 7.80. The van der Waals surface area contributed by atoms with Gasteiger partial charge < -0.3 is 29.6 Å². The lowest BCUT2D eigenvalue weighted by atomic mass is 10.2. The molecule has 14 nitrogen and oxygen atoms in total. The monoisotopic (exact) mass is 481 g/mol. The molecule has 2 rings (SSSR count). The molecule has 0 saturated carbocycles. The van der Waals surface area contributed by atoms with Crippen molar-refractivity contribution >= 4 is 29.3 Å². The predicted octanol–water partition coefficient (Wildman–Crippen LogP) is 1.84. The van der Waals surface area contributed by atoms with E-state index >= 15 is 0 Å². The number of carbonyl (C=O) groups excluding carboxylic acids is 2. The summed E-state index contributed by atoms with van der Waals surface area (Å²) in [4.78, 5) is 53.5. The Morgan fingerprint density at radius 3 is 2.24 bits per heavy atom. The number of nitrogens with zero attached hydrogens (tertiary/aromatic N) is 2. The fourth-order valence-electron chi connectivity index (χ4n) is 2.24. The molecule has 15 heteroatoms. The van der Waals surface area contributed by atoms with Gasteiger partial charge in [0.05, 0.1) is 0 Å². The van der Waals surface area contributed by atoms with Gasteiger partial charge in [0.25, 0.3) is 10.2 Å². The zero-order chi connectivity index (χ0) is 24.4. The number of rotatable bonds is 11. The van der Waals surface area contributed by atoms with Gasteiger partial charge in [-0.05, 0) is 36.4 Å². The van der Waals surface area contributed by atoms with E-state index in [0.717, 1.165) is 0 Å². The Morgan fingerprint density at radius 1 is 0.970 bits per heavy atom. The number of esters is 1. The molecule has 1 unspecified atom stereocenters. The number of carbonyl (C=O) groups is 2. The van der Waals surface area contributed by atoms with Gasteiger partial charge in [-0.2, -0.15) is 0 Å². The molecule has 2 N–H and O–H groups in total. The number of hydrogen-bond acceptors (Lipinski definition) is 12. The van der Waals surface area contributed by atoms with Crippen molar-refractivity contribution in [2.75, 3.05) is 13.2 Å². The van der Waals surface area contributed by atoms with Crippen LogP contribution in [-0.2, 0) is 14.4 Å². The molecule has 1 atom stereocenters. The van der Waals surface area contributed by atoms with E-state index in [2.05, 4.69) is 9.68 Å². The Hall–Kier alpha value is -4.53. The topological polar surface area (TPSA) is 193 Å². The number of para-hydroxylation sites is 1. The van der Waals surface area contributed by atoms with Crippen LogP contribution in [-0.4, -0.2) is 46.6 Å². The van der Waals surface area contributed by atoms with Crippen LogP contribution in [0.5, 0.6) is 11.5 Å². The van der Waals surface area contributed by atoms with Crippen molar-refractivity contribution < 1.29 is 43.6 Å². The summed E-state index contributed by atoms with van der Waals surface area (Å²) in [5, 5.41) is 18.3. The van der Waals surface area contributed by atoms with Gasteiger partial charge >= 0.3 is 12.1 Å². The number of nitrogens with two attached hydrogens (primary N) is 1. The van der Waals surface area contributed by atoms with Crippen molar-refractivity contribution in [2.45, 2.75) is 6.10 Å². The van der Waals surface area contributed by atoms with E-state index in [-0.39, 0.29) is 22.1 Å². The first kappa shape index (κ1) is 24.7. The zero-order valence-corrected chi connectivity index (χ0v) is 17.3. The first-order chi connectivity index (χ1) is 15.7. The quantitative estimate of drug-likeness (QED) is 0.161. The van der Waals surface area contributed by atoms with E-state index in [4.69, 9.17) is 32.2 Å². The standard InChI is InChI=1S/C18H15N3O11S/c19-16(33)11-5-7-12(8-6-11)30-18(23)31-15-4-2-1-3-14(15)17(22)28-9-13(32-21(26)27)10-29-20(24)25/h1-8,13H,9-10H2,(H2,19,33). The summed E-state index contributed by atoms with van der Waals surface area (Å²) in [6.45, 7) is -1.62. The third-order valence-electron chi connectivity index (χ3n) is 3.64. The molecular formula is C18H15N3O11S. The van der Waals surface area contributed by atoms with Crippen LogP contribution < -0.4 is 15.2 Å². The van der Waals surface area contributed by atoms with Crippen LogP contribution in [0.15, 0.2) is 48.5 Å². The van der Waals surface area contributed by atoms with Crippen LogP contribution in [0.1, 0.15) is 15.9 Å². The van der Waals surface area contributed by atoms with Crippen LogP contribution in [0.2, 0.25) is 0 Å². The normalized spacial score (nSPS) is 10.9. The van der Waals surface area contributed by atoms with Crippen molar-refractivity contribution in [3.8, 4) is 11.5 Å². The molecule has 2 aromatic rings. The molecule has 0 aromatic heterocycles. The Labute approximate surface area is 189 Å². The lowest BCUT2D eigenvalue weighted by Gasteiger charge is -2.15. The third kappa shape index (κ3) is 8.25. The summed E-state index contributed by atoms with van der Waals surface area (Å²) < 4.78 is 14.9. The van der Waals surface area contributed by atoms with Gasteiger partial charge in [0.15, 0.2) is 6.10 Å². The fourth-order valence-corrected chi connectivity index (χ4v) is 2.38.